The molecule has 1 heterocycles. The van der Waals surface area contributed by atoms with Crippen LogP contribution in [0.1, 0.15) is 26.3 Å². The van der Waals surface area contributed by atoms with E-state index in [4.69, 9.17) is 14.6 Å². The molecule has 0 unspecified atom stereocenters. The van der Waals surface area contributed by atoms with E-state index < -0.39 is 11.9 Å². The highest BCUT2D eigenvalue weighted by Gasteiger charge is 2.16. The number of aliphatic hydroxyl groups is 2. The lowest BCUT2D eigenvalue weighted by molar-refractivity contribution is 0.0696. The number of carbonyl (C=O) groups is 2. The van der Waals surface area contributed by atoms with Crippen molar-refractivity contribution in [3.63, 3.8) is 0 Å². The zero-order chi connectivity index (χ0) is 23.8. The molecule has 2 aromatic carbocycles. The van der Waals surface area contributed by atoms with Crippen LogP contribution in [0.25, 0.3) is 16.5 Å². The Morgan fingerprint density at radius 1 is 1.03 bits per heavy atom. The molecule has 0 aliphatic heterocycles. The van der Waals surface area contributed by atoms with Crippen LogP contribution in [-0.2, 0) is 0 Å². The number of carbonyl (C=O) groups excluding carboxylic acids is 1. The van der Waals surface area contributed by atoms with Gasteiger partial charge in [0.2, 0.25) is 0 Å². The average molecular weight is 469 g/mol. The lowest BCUT2D eigenvalue weighted by Gasteiger charge is -2.17. The summed E-state index contributed by atoms with van der Waals surface area (Å²) in [5.41, 5.74) is 1.92. The molecule has 0 saturated carbocycles. The monoisotopic (exact) mass is 468 g/mol. The molecule has 3 rings (SSSR count). The van der Waals surface area contributed by atoms with E-state index in [-0.39, 0.29) is 31.2 Å². The van der Waals surface area contributed by atoms with Crippen LogP contribution < -0.4 is 9.47 Å². The van der Waals surface area contributed by atoms with E-state index >= 15 is 0 Å². The topological polar surface area (TPSA) is 113 Å². The minimum Gasteiger partial charge on any atom is -0.496 e. The van der Waals surface area contributed by atoms with Gasteiger partial charge in [-0.3, -0.25) is 4.79 Å². The summed E-state index contributed by atoms with van der Waals surface area (Å²) in [6.45, 7) is -0.259. The van der Waals surface area contributed by atoms with Gasteiger partial charge in [0.25, 0.3) is 0 Å². The smallest absolute Gasteiger partial charge is 0.335 e. The van der Waals surface area contributed by atoms with Crippen molar-refractivity contribution in [1.82, 2.24) is 0 Å². The summed E-state index contributed by atoms with van der Waals surface area (Å²) in [7, 11) is 1.51. The van der Waals surface area contributed by atoms with E-state index in [2.05, 4.69) is 0 Å². The molecule has 8 heteroatoms. The Labute approximate surface area is 195 Å². The molecule has 33 heavy (non-hydrogen) atoms. The number of aromatic carboxylic acids is 1. The molecule has 0 radical (unpaired) electrons. The zero-order valence-corrected chi connectivity index (χ0v) is 18.7. The van der Waals surface area contributed by atoms with Gasteiger partial charge in [-0.05, 0) is 41.8 Å². The normalized spacial score (nSPS) is 11.2. The second-order valence-corrected chi connectivity index (χ2v) is 8.14. The largest absolute Gasteiger partial charge is 0.496 e. The van der Waals surface area contributed by atoms with Crippen molar-refractivity contribution in [1.29, 1.82) is 0 Å². The van der Waals surface area contributed by atoms with Crippen molar-refractivity contribution in [2.24, 2.45) is 5.92 Å². The Morgan fingerprint density at radius 2 is 1.73 bits per heavy atom. The Morgan fingerprint density at radius 3 is 2.30 bits per heavy atom. The fourth-order valence-electron chi connectivity index (χ4n) is 3.04. The number of rotatable bonds is 11. The molecule has 172 valence electrons. The first-order valence-corrected chi connectivity index (χ1v) is 11.0. The summed E-state index contributed by atoms with van der Waals surface area (Å²) in [6, 6.07) is 13.1. The number of hydrogen-bond acceptors (Lipinski definition) is 7. The summed E-state index contributed by atoms with van der Waals surface area (Å²) < 4.78 is 11.4. The van der Waals surface area contributed by atoms with Gasteiger partial charge < -0.3 is 24.8 Å². The van der Waals surface area contributed by atoms with Gasteiger partial charge in [-0.25, -0.2) is 4.79 Å². The van der Waals surface area contributed by atoms with Gasteiger partial charge in [0.1, 0.15) is 11.5 Å². The highest BCUT2D eigenvalue weighted by atomic mass is 32.1. The van der Waals surface area contributed by atoms with Crippen LogP contribution in [0.15, 0.2) is 60.0 Å². The molecule has 0 amide bonds. The Hall–Kier alpha value is -3.46. The maximum atomic E-state index is 12.6. The molecule has 3 N–H and O–H groups in total. The van der Waals surface area contributed by atoms with Crippen LogP contribution in [0.3, 0.4) is 0 Å². The van der Waals surface area contributed by atoms with Crippen molar-refractivity contribution in [2.45, 2.75) is 0 Å². The van der Waals surface area contributed by atoms with Crippen molar-refractivity contribution in [3.8, 4) is 21.9 Å². The molecule has 0 saturated heterocycles. The number of carboxylic acid groups (broad SMARTS) is 1. The van der Waals surface area contributed by atoms with Gasteiger partial charge >= 0.3 is 5.97 Å². The van der Waals surface area contributed by atoms with Crippen molar-refractivity contribution >= 4 is 29.2 Å². The van der Waals surface area contributed by atoms with Crippen molar-refractivity contribution in [3.05, 3.63) is 76.7 Å². The molecule has 0 fully saturated rings. The van der Waals surface area contributed by atoms with Crippen molar-refractivity contribution < 1.29 is 34.4 Å². The molecule has 3 aromatic rings. The van der Waals surface area contributed by atoms with Crippen LogP contribution >= 0.6 is 11.3 Å². The van der Waals surface area contributed by atoms with E-state index in [9.17, 15) is 19.8 Å². The van der Waals surface area contributed by atoms with Crippen LogP contribution in [0.2, 0.25) is 0 Å². The minimum absolute atomic E-state index is 0.109. The standard InChI is InChI=1S/C25H24O7S/c1-31-22-12-23(32-15-16(13-26)14-27)20(24-3-2-10-33-24)11-19(22)8-9-21(28)17-4-6-18(7-5-17)25(29)30/h2-12,16,26-27H,13-15H2,1H3,(H,29,30)/b9-8+. The number of ketones is 1. The second kappa shape index (κ2) is 11.4. The first-order chi connectivity index (χ1) is 16.0. The molecule has 0 bridgehead atoms. The second-order valence-electron chi connectivity index (χ2n) is 7.19. The minimum atomic E-state index is -1.05. The predicted octanol–water partition coefficient (Wildman–Crippen LogP) is 4.00. The van der Waals surface area contributed by atoms with E-state index in [1.165, 1.54) is 48.8 Å². The van der Waals surface area contributed by atoms with Gasteiger partial charge in [-0.1, -0.05) is 18.2 Å². The number of thiophene rings is 1. The van der Waals surface area contributed by atoms with Gasteiger partial charge in [0.15, 0.2) is 5.78 Å². The molecule has 0 spiro atoms. The Kier molecular flexibility index (Phi) is 8.37. The first-order valence-electron chi connectivity index (χ1n) is 10.1. The molecule has 0 aliphatic carbocycles. The summed E-state index contributed by atoms with van der Waals surface area (Å²) in [4.78, 5) is 24.5. The SMILES string of the molecule is COc1cc(OCC(CO)CO)c(-c2cccs2)cc1/C=C/C(=O)c1ccc(C(=O)O)cc1. The lowest BCUT2D eigenvalue weighted by Crippen LogP contribution is -2.20. The van der Waals surface area contributed by atoms with E-state index in [0.717, 1.165) is 10.4 Å². The van der Waals surface area contributed by atoms with Crippen LogP contribution in [0, 0.1) is 5.92 Å². The quantitative estimate of drug-likeness (QED) is 0.288. The number of hydrogen-bond donors (Lipinski definition) is 3. The molecule has 0 aliphatic rings. The van der Waals surface area contributed by atoms with E-state index in [1.807, 2.05) is 23.6 Å². The third-order valence-electron chi connectivity index (χ3n) is 4.94. The summed E-state index contributed by atoms with van der Waals surface area (Å²) in [5, 5.41) is 29.6. The van der Waals surface area contributed by atoms with Gasteiger partial charge in [0.05, 0.1) is 32.5 Å². The van der Waals surface area contributed by atoms with Crippen molar-refractivity contribution in [2.75, 3.05) is 26.9 Å². The third kappa shape index (κ3) is 6.07. The highest BCUT2D eigenvalue weighted by Crippen LogP contribution is 2.39. The van der Waals surface area contributed by atoms with Crippen LogP contribution in [-0.4, -0.2) is 54.0 Å². The molecular weight excluding hydrogens is 444 g/mol. The summed E-state index contributed by atoms with van der Waals surface area (Å²) in [6.07, 6.45) is 3.04. The fraction of sp³-hybridized carbons (Fsp3) is 0.200. The third-order valence-corrected chi connectivity index (χ3v) is 5.84. The molecule has 7 nitrogen and oxygen atoms in total. The number of ether oxygens (including phenoxy) is 2. The summed E-state index contributed by atoms with van der Waals surface area (Å²) >= 11 is 1.52. The number of aliphatic hydroxyl groups excluding tert-OH is 2. The number of allylic oxidation sites excluding steroid dienone is 1. The van der Waals surface area contributed by atoms with Gasteiger partial charge in [0, 0.05) is 33.6 Å². The molecular formula is C25H24O7S. The van der Waals surface area contributed by atoms with Gasteiger partial charge in [-0.15, -0.1) is 11.3 Å². The summed E-state index contributed by atoms with van der Waals surface area (Å²) in [5.74, 6) is -0.714. The number of carboxylic acids is 1. The fourth-order valence-corrected chi connectivity index (χ4v) is 3.79. The molecule has 0 atom stereocenters. The Bertz CT molecular complexity index is 1110. The maximum absolute atomic E-state index is 12.6. The van der Waals surface area contributed by atoms with Gasteiger partial charge in [-0.2, -0.15) is 0 Å². The average Bonchev–Trinajstić information content (AvgIpc) is 3.38. The number of methoxy groups -OCH3 is 1. The lowest BCUT2D eigenvalue weighted by atomic mass is 10.0. The van der Waals surface area contributed by atoms with Crippen LogP contribution in [0.4, 0.5) is 0 Å². The van der Waals surface area contributed by atoms with E-state index in [0.29, 0.717) is 22.6 Å². The molecule has 1 aromatic heterocycles. The highest BCUT2D eigenvalue weighted by molar-refractivity contribution is 7.13. The van der Waals surface area contributed by atoms with E-state index in [1.54, 1.807) is 12.1 Å². The van der Waals surface area contributed by atoms with Crippen LogP contribution in [0.5, 0.6) is 11.5 Å². The number of benzene rings is 2. The first kappa shape index (κ1) is 24.2. The zero-order valence-electron chi connectivity index (χ0n) is 17.9. The predicted molar refractivity (Wildman–Crippen MR) is 126 cm³/mol. The maximum Gasteiger partial charge on any atom is 0.335 e. The Balaban J connectivity index is 1.91.